The van der Waals surface area contributed by atoms with Crippen molar-refractivity contribution in [3.05, 3.63) is 89.0 Å². The summed E-state index contributed by atoms with van der Waals surface area (Å²) in [5, 5.41) is 3.54. The molecule has 28 heavy (non-hydrogen) atoms. The highest BCUT2D eigenvalue weighted by Crippen LogP contribution is 2.44. The molecule has 2 aromatic carbocycles. The van der Waals surface area contributed by atoms with Gasteiger partial charge in [-0.05, 0) is 72.7 Å². The Balaban J connectivity index is 1.67. The molecule has 2 heterocycles. The number of benzene rings is 2. The standard InChI is InChI=1S/C25H27N3/c1-18-27-14-15-28(18)17-21-16-20-6-2-3-8-23(20)25(19-10-12-26-13-11-19)24-9-5-4-7-22(21)24/h2-9,14-16,19,25-26H,10-13,17H2,1H3. The predicted molar refractivity (Wildman–Crippen MR) is 115 cm³/mol. The number of nitrogens with one attached hydrogen (secondary N) is 1. The molecule has 1 fully saturated rings. The molecule has 0 saturated carbocycles. The van der Waals surface area contributed by atoms with Gasteiger partial charge in [0.25, 0.3) is 0 Å². The van der Waals surface area contributed by atoms with Crippen molar-refractivity contribution in [2.45, 2.75) is 32.2 Å². The number of fused-ring (bicyclic) bond motifs is 2. The molecule has 2 aliphatic rings. The minimum atomic E-state index is 0.465. The van der Waals surface area contributed by atoms with E-state index in [1.54, 1.807) is 0 Å². The van der Waals surface area contributed by atoms with Crippen molar-refractivity contribution < 1.29 is 0 Å². The minimum absolute atomic E-state index is 0.465. The molecule has 0 amide bonds. The third kappa shape index (κ3) is 3.10. The number of aryl methyl sites for hydroxylation is 1. The quantitative estimate of drug-likeness (QED) is 0.713. The van der Waals surface area contributed by atoms with Gasteiger partial charge in [0.15, 0.2) is 0 Å². The molecule has 1 aromatic heterocycles. The first kappa shape index (κ1) is 17.4. The Morgan fingerprint density at radius 1 is 1.00 bits per heavy atom. The molecule has 1 aliphatic carbocycles. The van der Waals surface area contributed by atoms with Crippen LogP contribution in [-0.2, 0) is 6.54 Å². The lowest BCUT2D eigenvalue weighted by Gasteiger charge is -2.32. The first-order valence-electron chi connectivity index (χ1n) is 10.4. The normalized spacial score (nSPS) is 19.5. The number of nitrogens with zero attached hydrogens (tertiary/aromatic N) is 2. The van der Waals surface area contributed by atoms with Crippen LogP contribution in [0.15, 0.2) is 60.9 Å². The third-order valence-corrected chi connectivity index (χ3v) is 6.42. The maximum absolute atomic E-state index is 4.42. The van der Waals surface area contributed by atoms with Crippen LogP contribution in [0.2, 0.25) is 0 Å². The van der Waals surface area contributed by atoms with E-state index < -0.39 is 0 Å². The molecule has 0 radical (unpaired) electrons. The lowest BCUT2D eigenvalue weighted by atomic mass is 9.74. The van der Waals surface area contributed by atoms with E-state index in [2.05, 4.69) is 82.6 Å². The van der Waals surface area contributed by atoms with Crippen molar-refractivity contribution >= 4 is 11.6 Å². The van der Waals surface area contributed by atoms with E-state index in [9.17, 15) is 0 Å². The number of hydrogen-bond donors (Lipinski definition) is 1. The van der Waals surface area contributed by atoms with E-state index in [0.29, 0.717) is 11.8 Å². The molecule has 1 atom stereocenters. The average molecular weight is 370 g/mol. The molecule has 1 unspecified atom stereocenters. The van der Waals surface area contributed by atoms with E-state index in [1.807, 2.05) is 6.20 Å². The van der Waals surface area contributed by atoms with E-state index >= 15 is 0 Å². The van der Waals surface area contributed by atoms with Crippen molar-refractivity contribution in [3.63, 3.8) is 0 Å². The number of allylic oxidation sites excluding steroid dienone is 1. The molecule has 1 N–H and O–H groups in total. The summed E-state index contributed by atoms with van der Waals surface area (Å²) in [4.78, 5) is 4.42. The Hall–Kier alpha value is -2.65. The molecule has 5 rings (SSSR count). The zero-order valence-corrected chi connectivity index (χ0v) is 16.4. The zero-order chi connectivity index (χ0) is 18.9. The number of piperidine rings is 1. The van der Waals surface area contributed by atoms with Gasteiger partial charge in [0.2, 0.25) is 0 Å². The number of rotatable bonds is 3. The first-order chi connectivity index (χ1) is 13.8. The molecule has 1 aliphatic heterocycles. The van der Waals surface area contributed by atoms with Gasteiger partial charge in [0.05, 0.1) is 0 Å². The van der Waals surface area contributed by atoms with Gasteiger partial charge >= 0.3 is 0 Å². The van der Waals surface area contributed by atoms with Crippen molar-refractivity contribution in [2.75, 3.05) is 13.1 Å². The Bertz CT molecular complexity index is 1010. The SMILES string of the molecule is Cc1nccn1CC1=Cc2ccccc2C(C2CCNCC2)c2ccccc21. The van der Waals surface area contributed by atoms with E-state index in [4.69, 9.17) is 0 Å². The van der Waals surface area contributed by atoms with Gasteiger partial charge in [-0.3, -0.25) is 0 Å². The van der Waals surface area contributed by atoms with Gasteiger partial charge in [0.1, 0.15) is 5.82 Å². The zero-order valence-electron chi connectivity index (χ0n) is 16.4. The lowest BCUT2D eigenvalue weighted by Crippen LogP contribution is -2.31. The second-order valence-corrected chi connectivity index (χ2v) is 8.05. The van der Waals surface area contributed by atoms with Crippen molar-refractivity contribution in [1.82, 2.24) is 14.9 Å². The van der Waals surface area contributed by atoms with Crippen molar-refractivity contribution in [3.8, 4) is 0 Å². The third-order valence-electron chi connectivity index (χ3n) is 6.42. The topological polar surface area (TPSA) is 29.9 Å². The Morgan fingerprint density at radius 3 is 2.54 bits per heavy atom. The minimum Gasteiger partial charge on any atom is -0.331 e. The summed E-state index contributed by atoms with van der Waals surface area (Å²) in [7, 11) is 0. The highest BCUT2D eigenvalue weighted by molar-refractivity contribution is 5.86. The summed E-state index contributed by atoms with van der Waals surface area (Å²) in [6, 6.07) is 18.1. The fraction of sp³-hybridized carbons (Fsp3) is 0.320. The van der Waals surface area contributed by atoms with Crippen molar-refractivity contribution in [1.29, 1.82) is 0 Å². The van der Waals surface area contributed by atoms with Gasteiger partial charge < -0.3 is 9.88 Å². The maximum atomic E-state index is 4.42. The van der Waals surface area contributed by atoms with Crippen LogP contribution in [0, 0.1) is 12.8 Å². The molecule has 3 heteroatoms. The summed E-state index contributed by atoms with van der Waals surface area (Å²) >= 11 is 0. The number of imidazole rings is 1. The molecule has 1 saturated heterocycles. The fourth-order valence-electron chi connectivity index (χ4n) is 4.99. The smallest absolute Gasteiger partial charge is 0.105 e. The molecule has 3 nitrogen and oxygen atoms in total. The monoisotopic (exact) mass is 369 g/mol. The summed E-state index contributed by atoms with van der Waals surface area (Å²) in [6.45, 7) is 5.19. The van der Waals surface area contributed by atoms with Crippen LogP contribution in [0.5, 0.6) is 0 Å². The number of hydrogen-bond acceptors (Lipinski definition) is 2. The summed E-state index contributed by atoms with van der Waals surface area (Å²) in [5.41, 5.74) is 7.12. The Labute approximate surface area is 167 Å². The van der Waals surface area contributed by atoms with E-state index in [0.717, 1.165) is 25.5 Å². The van der Waals surface area contributed by atoms with Gasteiger partial charge in [-0.15, -0.1) is 0 Å². The average Bonchev–Trinajstić information content (AvgIpc) is 3.08. The largest absolute Gasteiger partial charge is 0.331 e. The molecule has 142 valence electrons. The summed E-state index contributed by atoms with van der Waals surface area (Å²) in [6.07, 6.45) is 8.87. The predicted octanol–water partition coefficient (Wildman–Crippen LogP) is 4.88. The highest BCUT2D eigenvalue weighted by Gasteiger charge is 2.31. The van der Waals surface area contributed by atoms with Crippen LogP contribution in [-0.4, -0.2) is 22.6 Å². The summed E-state index contributed by atoms with van der Waals surface area (Å²) in [5.74, 6) is 2.21. The summed E-state index contributed by atoms with van der Waals surface area (Å²) < 4.78 is 2.25. The van der Waals surface area contributed by atoms with Crippen LogP contribution < -0.4 is 5.32 Å². The van der Waals surface area contributed by atoms with E-state index in [1.165, 1.54) is 40.7 Å². The molecule has 0 spiro atoms. The van der Waals surface area contributed by atoms with Crippen molar-refractivity contribution in [2.24, 2.45) is 5.92 Å². The second-order valence-electron chi connectivity index (χ2n) is 8.05. The molecular formula is C25H27N3. The van der Waals surface area contributed by atoms with Crippen LogP contribution in [0.1, 0.15) is 46.8 Å². The van der Waals surface area contributed by atoms with Gasteiger partial charge in [-0.1, -0.05) is 48.5 Å². The van der Waals surface area contributed by atoms with Crippen LogP contribution in [0.3, 0.4) is 0 Å². The van der Waals surface area contributed by atoms with Crippen LogP contribution >= 0.6 is 0 Å². The van der Waals surface area contributed by atoms with Gasteiger partial charge in [-0.25, -0.2) is 4.98 Å². The van der Waals surface area contributed by atoms with Gasteiger partial charge in [0, 0.05) is 24.9 Å². The Kier molecular flexibility index (Phi) is 4.61. The lowest BCUT2D eigenvalue weighted by molar-refractivity contribution is 0.342. The maximum Gasteiger partial charge on any atom is 0.105 e. The van der Waals surface area contributed by atoms with E-state index in [-0.39, 0.29) is 0 Å². The molecule has 3 aromatic rings. The highest BCUT2D eigenvalue weighted by atomic mass is 15.0. The second kappa shape index (κ2) is 7.40. The van der Waals surface area contributed by atoms with Crippen LogP contribution in [0.4, 0.5) is 0 Å². The molecule has 0 bridgehead atoms. The van der Waals surface area contributed by atoms with Crippen LogP contribution in [0.25, 0.3) is 11.6 Å². The fourth-order valence-corrected chi connectivity index (χ4v) is 4.99. The molecular weight excluding hydrogens is 342 g/mol. The number of aromatic nitrogens is 2. The first-order valence-corrected chi connectivity index (χ1v) is 10.4. The Morgan fingerprint density at radius 2 is 1.75 bits per heavy atom. The van der Waals surface area contributed by atoms with Gasteiger partial charge in [-0.2, -0.15) is 0 Å².